The zero-order valence-corrected chi connectivity index (χ0v) is 16.1. The largest absolute Gasteiger partial charge is 0.337 e. The van der Waals surface area contributed by atoms with Gasteiger partial charge < -0.3 is 9.80 Å². The Morgan fingerprint density at radius 1 is 1.04 bits per heavy atom. The van der Waals surface area contributed by atoms with Gasteiger partial charge in [0.1, 0.15) is 0 Å². The quantitative estimate of drug-likeness (QED) is 0.812. The molecular formula is C19H23ClN4O2. The minimum absolute atomic E-state index is 0.00899. The number of carbonyl (C=O) groups is 2. The predicted octanol–water partition coefficient (Wildman–Crippen LogP) is 2.68. The minimum atomic E-state index is -0.177. The Labute approximate surface area is 158 Å². The average molecular weight is 375 g/mol. The molecule has 2 aromatic rings. The van der Waals surface area contributed by atoms with Crippen molar-refractivity contribution < 1.29 is 9.59 Å². The molecule has 1 aromatic carbocycles. The fourth-order valence-electron chi connectivity index (χ4n) is 3.15. The molecule has 2 amide bonds. The van der Waals surface area contributed by atoms with Gasteiger partial charge in [-0.2, -0.15) is 5.10 Å². The van der Waals surface area contributed by atoms with E-state index in [-0.39, 0.29) is 17.5 Å². The number of hydrogen-bond donors (Lipinski definition) is 0. The van der Waals surface area contributed by atoms with Gasteiger partial charge in [0, 0.05) is 38.8 Å². The molecular weight excluding hydrogens is 352 g/mol. The average Bonchev–Trinajstić information content (AvgIpc) is 2.83. The molecule has 6 nitrogen and oxygen atoms in total. The van der Waals surface area contributed by atoms with Gasteiger partial charge >= 0.3 is 0 Å². The van der Waals surface area contributed by atoms with E-state index in [1.165, 1.54) is 0 Å². The lowest BCUT2D eigenvalue weighted by atomic mass is 10.1. The van der Waals surface area contributed by atoms with E-state index >= 15 is 0 Å². The molecule has 1 aliphatic heterocycles. The molecule has 0 unspecified atom stereocenters. The SMILES string of the molecule is Cc1cccc(C(=O)N2CCCN(C(=O)c3nn(C)c(C)c3Cl)CC2)c1. The molecule has 0 N–H and O–H groups in total. The summed E-state index contributed by atoms with van der Waals surface area (Å²) >= 11 is 6.25. The number of aryl methyl sites for hydroxylation is 2. The lowest BCUT2D eigenvalue weighted by molar-refractivity contribution is 0.0715. The number of aromatic nitrogens is 2. The van der Waals surface area contributed by atoms with Crippen LogP contribution in [0.1, 0.15) is 38.5 Å². The Kier molecular flexibility index (Phi) is 5.32. The molecule has 0 saturated carbocycles. The van der Waals surface area contributed by atoms with Gasteiger partial charge in [0.2, 0.25) is 0 Å². The third-order valence-corrected chi connectivity index (χ3v) is 5.25. The number of benzene rings is 1. The summed E-state index contributed by atoms with van der Waals surface area (Å²) in [6.45, 7) is 5.99. The summed E-state index contributed by atoms with van der Waals surface area (Å²) in [6, 6.07) is 7.59. The smallest absolute Gasteiger partial charge is 0.275 e. The number of amides is 2. The van der Waals surface area contributed by atoms with Gasteiger partial charge in [0.15, 0.2) is 5.69 Å². The Hall–Kier alpha value is -2.34. The predicted molar refractivity (Wildman–Crippen MR) is 101 cm³/mol. The Bertz CT molecular complexity index is 846. The molecule has 1 fully saturated rings. The zero-order valence-electron chi connectivity index (χ0n) is 15.3. The first-order chi connectivity index (χ1) is 12.4. The Morgan fingerprint density at radius 2 is 1.69 bits per heavy atom. The summed E-state index contributed by atoms with van der Waals surface area (Å²) in [5.41, 5.74) is 2.79. The highest BCUT2D eigenvalue weighted by molar-refractivity contribution is 6.34. The zero-order chi connectivity index (χ0) is 18.8. The first-order valence-corrected chi connectivity index (χ1v) is 9.10. The molecule has 2 heterocycles. The second kappa shape index (κ2) is 7.50. The second-order valence-corrected chi connectivity index (χ2v) is 7.06. The maximum Gasteiger partial charge on any atom is 0.275 e. The summed E-state index contributed by atoms with van der Waals surface area (Å²) in [5.74, 6) is -0.168. The molecule has 138 valence electrons. The fourth-order valence-corrected chi connectivity index (χ4v) is 3.39. The van der Waals surface area contributed by atoms with Crippen LogP contribution in [0.25, 0.3) is 0 Å². The van der Waals surface area contributed by atoms with Crippen molar-refractivity contribution in [3.63, 3.8) is 0 Å². The molecule has 0 aliphatic carbocycles. The molecule has 0 bridgehead atoms. The molecule has 26 heavy (non-hydrogen) atoms. The summed E-state index contributed by atoms with van der Waals surface area (Å²) in [5, 5.41) is 4.64. The van der Waals surface area contributed by atoms with Gasteiger partial charge in [0.25, 0.3) is 11.8 Å². The van der Waals surface area contributed by atoms with E-state index < -0.39 is 0 Å². The van der Waals surface area contributed by atoms with Crippen LogP contribution >= 0.6 is 11.6 Å². The fraction of sp³-hybridized carbons (Fsp3) is 0.421. The summed E-state index contributed by atoms with van der Waals surface area (Å²) in [7, 11) is 1.77. The van der Waals surface area contributed by atoms with E-state index in [1.807, 2.05) is 43.0 Å². The molecule has 0 atom stereocenters. The topological polar surface area (TPSA) is 58.4 Å². The molecule has 0 spiro atoms. The van der Waals surface area contributed by atoms with Gasteiger partial charge in [-0.1, -0.05) is 29.3 Å². The van der Waals surface area contributed by atoms with Gasteiger partial charge in [0.05, 0.1) is 10.7 Å². The number of halogens is 1. The molecule has 3 rings (SSSR count). The summed E-state index contributed by atoms with van der Waals surface area (Å²) < 4.78 is 1.61. The number of rotatable bonds is 2. The lowest BCUT2D eigenvalue weighted by Gasteiger charge is -2.22. The summed E-state index contributed by atoms with van der Waals surface area (Å²) in [4.78, 5) is 29.1. The standard InChI is InChI=1S/C19H23ClN4O2/c1-13-6-4-7-15(12-13)18(25)23-8-5-9-24(11-10-23)19(26)17-16(20)14(2)22(3)21-17/h4,6-7,12H,5,8-11H2,1-3H3. The van der Waals surface area contributed by atoms with Crippen LogP contribution in [0.4, 0.5) is 0 Å². The van der Waals surface area contributed by atoms with E-state index in [0.717, 1.165) is 17.7 Å². The van der Waals surface area contributed by atoms with Gasteiger partial charge in [-0.05, 0) is 32.4 Å². The van der Waals surface area contributed by atoms with Crippen molar-refractivity contribution in [2.75, 3.05) is 26.2 Å². The van der Waals surface area contributed by atoms with Crippen molar-refractivity contribution in [1.29, 1.82) is 0 Å². The molecule has 1 aromatic heterocycles. The van der Waals surface area contributed by atoms with Gasteiger partial charge in [-0.3, -0.25) is 14.3 Å². The van der Waals surface area contributed by atoms with Crippen molar-refractivity contribution in [3.05, 3.63) is 51.8 Å². The van der Waals surface area contributed by atoms with Crippen LogP contribution in [0.15, 0.2) is 24.3 Å². The lowest BCUT2D eigenvalue weighted by Crippen LogP contribution is -2.37. The highest BCUT2D eigenvalue weighted by atomic mass is 35.5. The molecule has 7 heteroatoms. The van der Waals surface area contributed by atoms with Gasteiger partial charge in [-0.25, -0.2) is 0 Å². The van der Waals surface area contributed by atoms with Crippen LogP contribution in [-0.2, 0) is 7.05 Å². The maximum absolute atomic E-state index is 12.8. The third kappa shape index (κ3) is 3.60. The van der Waals surface area contributed by atoms with E-state index in [2.05, 4.69) is 5.10 Å². The van der Waals surface area contributed by atoms with E-state index in [9.17, 15) is 9.59 Å². The first kappa shape index (κ1) is 18.5. The number of carbonyl (C=O) groups excluding carboxylic acids is 2. The molecule has 0 radical (unpaired) electrons. The maximum atomic E-state index is 12.8. The van der Waals surface area contributed by atoms with Crippen LogP contribution in [0.5, 0.6) is 0 Å². The van der Waals surface area contributed by atoms with E-state index in [4.69, 9.17) is 11.6 Å². The number of nitrogens with zero attached hydrogens (tertiary/aromatic N) is 4. The normalized spacial score (nSPS) is 15.1. The number of hydrogen-bond acceptors (Lipinski definition) is 3. The van der Waals surface area contributed by atoms with Crippen molar-refractivity contribution >= 4 is 23.4 Å². The van der Waals surface area contributed by atoms with Crippen molar-refractivity contribution in [2.45, 2.75) is 20.3 Å². The van der Waals surface area contributed by atoms with Crippen molar-refractivity contribution in [2.24, 2.45) is 7.05 Å². The van der Waals surface area contributed by atoms with Crippen LogP contribution in [-0.4, -0.2) is 57.6 Å². The van der Waals surface area contributed by atoms with Gasteiger partial charge in [-0.15, -0.1) is 0 Å². The molecule has 1 saturated heterocycles. The van der Waals surface area contributed by atoms with Crippen LogP contribution in [0.3, 0.4) is 0 Å². The van der Waals surface area contributed by atoms with E-state index in [1.54, 1.807) is 16.6 Å². The monoisotopic (exact) mass is 374 g/mol. The van der Waals surface area contributed by atoms with Crippen LogP contribution < -0.4 is 0 Å². The third-order valence-electron chi connectivity index (χ3n) is 4.80. The van der Waals surface area contributed by atoms with Crippen LogP contribution in [0.2, 0.25) is 5.02 Å². The highest BCUT2D eigenvalue weighted by Crippen LogP contribution is 2.21. The highest BCUT2D eigenvalue weighted by Gasteiger charge is 2.27. The second-order valence-electron chi connectivity index (χ2n) is 6.68. The Balaban J connectivity index is 1.71. The summed E-state index contributed by atoms with van der Waals surface area (Å²) in [6.07, 6.45) is 0.729. The van der Waals surface area contributed by atoms with Crippen LogP contribution in [0, 0.1) is 13.8 Å². The van der Waals surface area contributed by atoms with E-state index in [0.29, 0.717) is 36.8 Å². The Morgan fingerprint density at radius 3 is 2.27 bits per heavy atom. The minimum Gasteiger partial charge on any atom is -0.337 e. The molecule has 1 aliphatic rings. The van der Waals surface area contributed by atoms with Crippen molar-refractivity contribution in [3.8, 4) is 0 Å². The van der Waals surface area contributed by atoms with Crippen molar-refractivity contribution in [1.82, 2.24) is 19.6 Å². The first-order valence-electron chi connectivity index (χ1n) is 8.73.